The van der Waals surface area contributed by atoms with Gasteiger partial charge in [0.15, 0.2) is 0 Å². The molecule has 0 fully saturated rings. The van der Waals surface area contributed by atoms with Crippen molar-refractivity contribution in [2.24, 2.45) is 11.3 Å². The fourth-order valence-corrected chi connectivity index (χ4v) is 1.18. The predicted octanol–water partition coefficient (Wildman–Crippen LogP) is 3.01. The Morgan fingerprint density at radius 1 is 1.38 bits per heavy atom. The first-order valence-corrected chi connectivity index (χ1v) is 5.05. The Hall–Kier alpha value is -0.530. The summed E-state index contributed by atoms with van der Waals surface area (Å²) in [7, 11) is 0. The maximum atomic E-state index is 11.2. The number of ether oxygens (including phenoxy) is 1. The average molecular weight is 186 g/mol. The second-order valence-corrected chi connectivity index (χ2v) is 4.68. The fourth-order valence-electron chi connectivity index (χ4n) is 1.18. The molecule has 0 spiro atoms. The standard InChI is InChI=1S/C11H22O2/c1-6-7-11(4,5)8-13-10(12)9(2)3/h9H,6-8H2,1-5H3. The van der Waals surface area contributed by atoms with Gasteiger partial charge in [0.25, 0.3) is 0 Å². The minimum atomic E-state index is -0.0934. The number of hydrogen-bond donors (Lipinski definition) is 0. The van der Waals surface area contributed by atoms with E-state index < -0.39 is 0 Å². The molecule has 0 heterocycles. The minimum Gasteiger partial charge on any atom is -0.465 e. The zero-order valence-electron chi connectivity index (χ0n) is 9.52. The summed E-state index contributed by atoms with van der Waals surface area (Å²) in [5.74, 6) is -0.110. The first-order valence-electron chi connectivity index (χ1n) is 5.05. The number of rotatable bonds is 5. The predicted molar refractivity (Wildman–Crippen MR) is 54.5 cm³/mol. The van der Waals surface area contributed by atoms with Crippen molar-refractivity contribution in [1.82, 2.24) is 0 Å². The van der Waals surface area contributed by atoms with Crippen LogP contribution in [-0.2, 0) is 9.53 Å². The summed E-state index contributed by atoms with van der Waals surface area (Å²) in [6, 6.07) is 0. The average Bonchev–Trinajstić information content (AvgIpc) is 2.00. The maximum Gasteiger partial charge on any atom is 0.308 e. The second kappa shape index (κ2) is 5.25. The van der Waals surface area contributed by atoms with E-state index in [1.54, 1.807) is 0 Å². The molecule has 0 aromatic heterocycles. The smallest absolute Gasteiger partial charge is 0.308 e. The largest absolute Gasteiger partial charge is 0.465 e. The summed E-state index contributed by atoms with van der Waals surface area (Å²) in [6.07, 6.45) is 2.23. The van der Waals surface area contributed by atoms with Gasteiger partial charge < -0.3 is 4.74 Å². The molecule has 2 nitrogen and oxygen atoms in total. The molecule has 78 valence electrons. The second-order valence-electron chi connectivity index (χ2n) is 4.68. The van der Waals surface area contributed by atoms with Gasteiger partial charge in [-0.05, 0) is 11.8 Å². The summed E-state index contributed by atoms with van der Waals surface area (Å²) >= 11 is 0. The van der Waals surface area contributed by atoms with Gasteiger partial charge in [-0.3, -0.25) is 4.79 Å². The number of carbonyl (C=O) groups is 1. The van der Waals surface area contributed by atoms with Gasteiger partial charge in [-0.25, -0.2) is 0 Å². The fraction of sp³-hybridized carbons (Fsp3) is 0.909. The summed E-state index contributed by atoms with van der Waals surface area (Å²) in [6.45, 7) is 10.7. The van der Waals surface area contributed by atoms with Crippen molar-refractivity contribution < 1.29 is 9.53 Å². The molecule has 0 aromatic rings. The van der Waals surface area contributed by atoms with Gasteiger partial charge in [-0.1, -0.05) is 41.0 Å². The van der Waals surface area contributed by atoms with Gasteiger partial charge in [0.05, 0.1) is 12.5 Å². The van der Waals surface area contributed by atoms with Crippen molar-refractivity contribution in [3.05, 3.63) is 0 Å². The molecule has 0 N–H and O–H groups in total. The third kappa shape index (κ3) is 5.67. The van der Waals surface area contributed by atoms with Crippen LogP contribution in [0.1, 0.15) is 47.5 Å². The maximum absolute atomic E-state index is 11.2. The van der Waals surface area contributed by atoms with Crippen molar-refractivity contribution >= 4 is 5.97 Å². The molecule has 0 aromatic carbocycles. The van der Waals surface area contributed by atoms with E-state index in [1.165, 1.54) is 0 Å². The van der Waals surface area contributed by atoms with Crippen molar-refractivity contribution in [1.29, 1.82) is 0 Å². The van der Waals surface area contributed by atoms with Crippen LogP contribution in [0, 0.1) is 11.3 Å². The third-order valence-corrected chi connectivity index (χ3v) is 2.00. The van der Waals surface area contributed by atoms with Gasteiger partial charge in [0, 0.05) is 0 Å². The summed E-state index contributed by atoms with van der Waals surface area (Å²) in [4.78, 5) is 11.2. The Balaban J connectivity index is 3.80. The highest BCUT2D eigenvalue weighted by Crippen LogP contribution is 2.22. The van der Waals surface area contributed by atoms with E-state index in [4.69, 9.17) is 4.74 Å². The van der Waals surface area contributed by atoms with E-state index in [0.717, 1.165) is 12.8 Å². The zero-order chi connectivity index (χ0) is 10.5. The van der Waals surface area contributed by atoms with Crippen molar-refractivity contribution in [3.8, 4) is 0 Å². The highest BCUT2D eigenvalue weighted by molar-refractivity contribution is 5.71. The molecule has 0 aliphatic rings. The van der Waals surface area contributed by atoms with E-state index in [9.17, 15) is 4.79 Å². The lowest BCUT2D eigenvalue weighted by molar-refractivity contribution is -0.150. The molecule has 0 rings (SSSR count). The molecular weight excluding hydrogens is 164 g/mol. The Kier molecular flexibility index (Phi) is 5.04. The molecule has 0 radical (unpaired) electrons. The first kappa shape index (κ1) is 12.5. The van der Waals surface area contributed by atoms with Gasteiger partial charge in [-0.2, -0.15) is 0 Å². The van der Waals surface area contributed by atoms with E-state index in [1.807, 2.05) is 13.8 Å². The normalized spacial score (nSPS) is 11.8. The highest BCUT2D eigenvalue weighted by Gasteiger charge is 2.19. The zero-order valence-corrected chi connectivity index (χ0v) is 9.52. The third-order valence-electron chi connectivity index (χ3n) is 2.00. The van der Waals surface area contributed by atoms with Crippen LogP contribution < -0.4 is 0 Å². The van der Waals surface area contributed by atoms with Crippen LogP contribution in [0.25, 0.3) is 0 Å². The lowest BCUT2D eigenvalue weighted by atomic mass is 9.89. The molecule has 0 saturated heterocycles. The van der Waals surface area contributed by atoms with Crippen molar-refractivity contribution in [2.45, 2.75) is 47.5 Å². The van der Waals surface area contributed by atoms with Crippen LogP contribution in [0.15, 0.2) is 0 Å². The highest BCUT2D eigenvalue weighted by atomic mass is 16.5. The van der Waals surface area contributed by atoms with Crippen LogP contribution in [-0.4, -0.2) is 12.6 Å². The van der Waals surface area contributed by atoms with Gasteiger partial charge in [0.2, 0.25) is 0 Å². The lowest BCUT2D eigenvalue weighted by Crippen LogP contribution is -2.23. The van der Waals surface area contributed by atoms with Crippen LogP contribution in [0.5, 0.6) is 0 Å². The minimum absolute atomic E-state index is 0.0163. The monoisotopic (exact) mass is 186 g/mol. The number of carbonyl (C=O) groups excluding carboxylic acids is 1. The van der Waals surface area contributed by atoms with Gasteiger partial charge in [0.1, 0.15) is 0 Å². The number of hydrogen-bond acceptors (Lipinski definition) is 2. The summed E-state index contributed by atoms with van der Waals surface area (Å²) in [5.41, 5.74) is 0.124. The van der Waals surface area contributed by atoms with Gasteiger partial charge in [-0.15, -0.1) is 0 Å². The Morgan fingerprint density at radius 2 is 1.92 bits per heavy atom. The van der Waals surface area contributed by atoms with E-state index >= 15 is 0 Å². The molecule has 0 amide bonds. The van der Waals surface area contributed by atoms with Crippen LogP contribution in [0.4, 0.5) is 0 Å². The Morgan fingerprint density at radius 3 is 2.31 bits per heavy atom. The molecule has 0 aliphatic heterocycles. The van der Waals surface area contributed by atoms with E-state index in [0.29, 0.717) is 6.61 Å². The molecule has 13 heavy (non-hydrogen) atoms. The quantitative estimate of drug-likeness (QED) is 0.617. The summed E-state index contributed by atoms with van der Waals surface area (Å²) < 4.78 is 5.18. The van der Waals surface area contributed by atoms with E-state index in [-0.39, 0.29) is 17.3 Å². The Bertz CT molecular complexity index is 159. The molecule has 0 unspecified atom stereocenters. The molecular formula is C11H22O2. The molecule has 2 heteroatoms. The topological polar surface area (TPSA) is 26.3 Å². The van der Waals surface area contributed by atoms with Gasteiger partial charge >= 0.3 is 5.97 Å². The number of esters is 1. The lowest BCUT2D eigenvalue weighted by Gasteiger charge is -2.23. The SMILES string of the molecule is CCCC(C)(C)COC(=O)C(C)C. The van der Waals surface area contributed by atoms with Crippen LogP contribution in [0.3, 0.4) is 0 Å². The molecule has 0 saturated carbocycles. The first-order chi connectivity index (χ1) is 5.89. The van der Waals surface area contributed by atoms with E-state index in [2.05, 4.69) is 20.8 Å². The molecule has 0 aliphatic carbocycles. The van der Waals surface area contributed by atoms with Crippen LogP contribution in [0.2, 0.25) is 0 Å². The molecule has 0 atom stereocenters. The summed E-state index contributed by atoms with van der Waals surface area (Å²) in [5, 5.41) is 0. The van der Waals surface area contributed by atoms with Crippen molar-refractivity contribution in [3.63, 3.8) is 0 Å². The Labute approximate surface area is 81.7 Å². The van der Waals surface area contributed by atoms with Crippen LogP contribution >= 0.6 is 0 Å². The molecule has 0 bridgehead atoms. The van der Waals surface area contributed by atoms with Crippen molar-refractivity contribution in [2.75, 3.05) is 6.61 Å².